The van der Waals surface area contributed by atoms with Crippen molar-refractivity contribution >= 4 is 21.3 Å². The average Bonchev–Trinajstić information content (AvgIpc) is 2.60. The lowest BCUT2D eigenvalue weighted by Crippen LogP contribution is -2.42. The van der Waals surface area contributed by atoms with Gasteiger partial charge in [-0.05, 0) is 0 Å². The summed E-state index contributed by atoms with van der Waals surface area (Å²) in [4.78, 5) is 0. The first-order chi connectivity index (χ1) is 9.19. The van der Waals surface area contributed by atoms with Gasteiger partial charge < -0.3 is 25.0 Å². The zero-order valence-electron chi connectivity index (χ0n) is 10.3. The number of hydrogen-bond acceptors (Lipinski definition) is 8. The van der Waals surface area contributed by atoms with Gasteiger partial charge in [0, 0.05) is 10.9 Å². The van der Waals surface area contributed by atoms with Crippen LogP contribution in [0, 0.1) is 0 Å². The number of alkyl halides is 1. The molecule has 1 unspecified atom stereocenters. The van der Waals surface area contributed by atoms with E-state index in [9.17, 15) is 27.6 Å². The molecule has 0 aromatic heterocycles. The Hall–Kier alpha value is -0.0100. The minimum Gasteiger partial charge on any atom is -0.726 e. The molecular weight excluding hydrogens is 319 g/mol. The number of rotatable bonds is 7. The van der Waals surface area contributed by atoms with E-state index >= 15 is 0 Å². The SMILES string of the molecule is O=S(=O)([O-])O[C@@H](CO)[C@H](O)C[S+]1C[C@@H](F)[C@H](O)[C@H]1CO. The van der Waals surface area contributed by atoms with Crippen LogP contribution in [0.25, 0.3) is 0 Å². The highest BCUT2D eigenvalue weighted by molar-refractivity contribution is 7.97. The Labute approximate surface area is 118 Å². The van der Waals surface area contributed by atoms with Gasteiger partial charge in [-0.15, -0.1) is 0 Å². The Balaban J connectivity index is 2.66. The summed E-state index contributed by atoms with van der Waals surface area (Å²) >= 11 is 0. The normalized spacial score (nSPS) is 34.1. The van der Waals surface area contributed by atoms with Gasteiger partial charge >= 0.3 is 0 Å². The van der Waals surface area contributed by atoms with Crippen molar-refractivity contribution in [2.75, 3.05) is 24.7 Å². The van der Waals surface area contributed by atoms with E-state index in [1.807, 2.05) is 0 Å². The van der Waals surface area contributed by atoms with Crippen LogP contribution in [0.5, 0.6) is 0 Å². The highest BCUT2D eigenvalue weighted by Gasteiger charge is 2.51. The van der Waals surface area contributed by atoms with Crippen molar-refractivity contribution in [3.63, 3.8) is 0 Å². The van der Waals surface area contributed by atoms with Crippen LogP contribution in [0.1, 0.15) is 0 Å². The number of aliphatic hydroxyl groups excluding tert-OH is 4. The predicted molar refractivity (Wildman–Crippen MR) is 66.5 cm³/mol. The molecule has 8 nitrogen and oxygen atoms in total. The topological polar surface area (TPSA) is 147 Å². The first-order valence-corrected chi connectivity index (χ1v) is 8.67. The monoisotopic (exact) mass is 336 g/mol. The molecule has 1 aliphatic heterocycles. The molecule has 0 aliphatic carbocycles. The highest BCUT2D eigenvalue weighted by atomic mass is 32.3. The second kappa shape index (κ2) is 7.31. The van der Waals surface area contributed by atoms with Gasteiger partial charge in [0.05, 0.1) is 13.2 Å². The number of hydrogen-bond donors (Lipinski definition) is 4. The summed E-state index contributed by atoms with van der Waals surface area (Å²) in [5.74, 6) is -0.283. The van der Waals surface area contributed by atoms with Crippen LogP contribution in [0.3, 0.4) is 0 Å². The number of halogens is 1. The summed E-state index contributed by atoms with van der Waals surface area (Å²) in [6, 6.07) is 0. The summed E-state index contributed by atoms with van der Waals surface area (Å²) in [6.45, 7) is -1.40. The minimum absolute atomic E-state index is 0.0915. The molecule has 6 atom stereocenters. The molecule has 1 saturated heterocycles. The third kappa shape index (κ3) is 4.77. The van der Waals surface area contributed by atoms with Crippen molar-refractivity contribution in [3.8, 4) is 0 Å². The summed E-state index contributed by atoms with van der Waals surface area (Å²) in [7, 11) is -6.01. The van der Waals surface area contributed by atoms with E-state index in [0.717, 1.165) is 0 Å². The van der Waals surface area contributed by atoms with Crippen molar-refractivity contribution in [3.05, 3.63) is 0 Å². The quantitative estimate of drug-likeness (QED) is 0.217. The van der Waals surface area contributed by atoms with E-state index in [1.54, 1.807) is 0 Å². The smallest absolute Gasteiger partial charge is 0.218 e. The van der Waals surface area contributed by atoms with Gasteiger partial charge in [-0.25, -0.2) is 12.8 Å². The zero-order chi connectivity index (χ0) is 15.5. The van der Waals surface area contributed by atoms with Crippen LogP contribution in [-0.4, -0.2) is 87.8 Å². The van der Waals surface area contributed by atoms with Crippen LogP contribution in [0.4, 0.5) is 4.39 Å². The van der Waals surface area contributed by atoms with E-state index in [4.69, 9.17) is 10.2 Å². The van der Waals surface area contributed by atoms with E-state index in [-0.39, 0.29) is 11.5 Å². The zero-order valence-corrected chi connectivity index (χ0v) is 12.0. The fourth-order valence-corrected chi connectivity index (χ4v) is 5.11. The lowest BCUT2D eigenvalue weighted by molar-refractivity contribution is 0.0105. The third-order valence-corrected chi connectivity index (χ3v) is 6.25. The van der Waals surface area contributed by atoms with Gasteiger partial charge in [-0.2, -0.15) is 0 Å². The largest absolute Gasteiger partial charge is 0.726 e. The molecule has 120 valence electrons. The molecule has 0 radical (unpaired) electrons. The molecule has 0 spiro atoms. The maximum atomic E-state index is 13.3. The Morgan fingerprint density at radius 1 is 1.45 bits per heavy atom. The van der Waals surface area contributed by atoms with Gasteiger partial charge in [-0.1, -0.05) is 0 Å². The van der Waals surface area contributed by atoms with Gasteiger partial charge in [0.25, 0.3) is 0 Å². The van der Waals surface area contributed by atoms with Crippen LogP contribution in [0.2, 0.25) is 0 Å². The van der Waals surface area contributed by atoms with Crippen molar-refractivity contribution in [1.82, 2.24) is 0 Å². The van der Waals surface area contributed by atoms with Crippen LogP contribution < -0.4 is 0 Å². The van der Waals surface area contributed by atoms with E-state index in [1.165, 1.54) is 0 Å². The van der Waals surface area contributed by atoms with E-state index in [2.05, 4.69) is 4.18 Å². The minimum atomic E-state index is -5.09. The van der Waals surface area contributed by atoms with Crippen molar-refractivity contribution in [2.24, 2.45) is 0 Å². The molecule has 1 fully saturated rings. The Kier molecular flexibility index (Phi) is 6.60. The molecule has 1 rings (SSSR count). The van der Waals surface area contributed by atoms with Gasteiger partial charge in [0.15, 0.2) is 11.4 Å². The Morgan fingerprint density at radius 3 is 2.50 bits per heavy atom. The molecular formula is C9H17FO8S2. The highest BCUT2D eigenvalue weighted by Crippen LogP contribution is 2.27. The molecule has 0 aromatic rings. The number of aliphatic hydroxyl groups is 4. The first-order valence-electron chi connectivity index (χ1n) is 5.72. The fraction of sp³-hybridized carbons (Fsp3) is 1.00. The summed E-state index contributed by atoms with van der Waals surface area (Å²) in [6.07, 6.45) is -6.08. The molecule has 20 heavy (non-hydrogen) atoms. The van der Waals surface area contributed by atoms with Gasteiger partial charge in [0.2, 0.25) is 10.4 Å². The fourth-order valence-electron chi connectivity index (χ4n) is 1.96. The first kappa shape index (κ1) is 18.0. The van der Waals surface area contributed by atoms with Crippen molar-refractivity contribution in [1.29, 1.82) is 0 Å². The molecule has 0 aromatic carbocycles. The molecule has 4 N–H and O–H groups in total. The predicted octanol–water partition coefficient (Wildman–Crippen LogP) is -3.12. The maximum absolute atomic E-state index is 13.3. The lowest BCUT2D eigenvalue weighted by atomic mass is 10.2. The molecule has 0 saturated carbocycles. The summed E-state index contributed by atoms with van der Waals surface area (Å²) < 4.78 is 48.6. The molecule has 1 aliphatic rings. The van der Waals surface area contributed by atoms with Crippen molar-refractivity contribution in [2.45, 2.75) is 29.7 Å². The summed E-state index contributed by atoms with van der Waals surface area (Å²) in [5.41, 5.74) is 0. The summed E-state index contributed by atoms with van der Waals surface area (Å²) in [5, 5.41) is 36.5. The van der Waals surface area contributed by atoms with Crippen LogP contribution in [0.15, 0.2) is 0 Å². The third-order valence-electron chi connectivity index (χ3n) is 2.97. The van der Waals surface area contributed by atoms with Crippen molar-refractivity contribution < 1.29 is 42.0 Å². The Bertz CT molecular complexity index is 405. The molecule has 0 amide bonds. The van der Waals surface area contributed by atoms with E-state index < -0.39 is 64.2 Å². The molecule has 1 heterocycles. The standard InChI is InChI=1S/C9H17FO8S2/c10-5-3-19(8(2-12)9(5)14)4-6(13)7(1-11)18-20(15,16)17/h5-9,11-14H,1-4H2/t5-,6-,7+,8-,9+,19?/m1/s1. The molecule has 11 heteroatoms. The van der Waals surface area contributed by atoms with E-state index in [0.29, 0.717) is 0 Å². The molecule has 0 bridgehead atoms. The second-order valence-corrected chi connectivity index (χ2v) is 7.75. The maximum Gasteiger partial charge on any atom is 0.218 e. The lowest BCUT2D eigenvalue weighted by Gasteiger charge is -2.22. The van der Waals surface area contributed by atoms with Gasteiger partial charge in [0.1, 0.15) is 29.8 Å². The van der Waals surface area contributed by atoms with Gasteiger partial charge in [-0.3, -0.25) is 4.18 Å². The van der Waals surface area contributed by atoms with Crippen LogP contribution in [-0.2, 0) is 25.5 Å². The Morgan fingerprint density at radius 2 is 2.05 bits per heavy atom. The average molecular weight is 336 g/mol. The van der Waals surface area contributed by atoms with Crippen LogP contribution >= 0.6 is 0 Å². The second-order valence-electron chi connectivity index (χ2n) is 4.39.